The van der Waals surface area contributed by atoms with E-state index in [1.165, 1.54) is 18.2 Å². The number of aldehydes is 1. The van der Waals surface area contributed by atoms with Crippen LogP contribution in [0.2, 0.25) is 0 Å². The second-order valence-electron chi connectivity index (χ2n) is 4.12. The van der Waals surface area contributed by atoms with Crippen LogP contribution < -0.4 is 4.74 Å². The molecule has 0 saturated carbocycles. The minimum atomic E-state index is -0.765. The first-order valence-corrected chi connectivity index (χ1v) is 6.20. The molecule has 0 aliphatic heterocycles. The van der Waals surface area contributed by atoms with E-state index in [2.05, 4.69) is 0 Å². The van der Waals surface area contributed by atoms with Crippen molar-refractivity contribution in [1.82, 2.24) is 0 Å². The molecule has 0 fully saturated rings. The SMILES string of the molecule is CCCCOC(=O)[C@H](C)Oc1ccc(C=O)c(O)c1. The number of benzene rings is 1. The molecule has 19 heavy (non-hydrogen) atoms. The highest BCUT2D eigenvalue weighted by Crippen LogP contribution is 2.23. The van der Waals surface area contributed by atoms with Gasteiger partial charge in [0.25, 0.3) is 0 Å². The first-order chi connectivity index (χ1) is 9.08. The van der Waals surface area contributed by atoms with E-state index in [-0.39, 0.29) is 11.3 Å². The van der Waals surface area contributed by atoms with Gasteiger partial charge in [-0.1, -0.05) is 13.3 Å². The molecule has 1 atom stereocenters. The van der Waals surface area contributed by atoms with Gasteiger partial charge >= 0.3 is 5.97 Å². The molecule has 1 aromatic carbocycles. The average Bonchev–Trinajstić information content (AvgIpc) is 2.39. The third-order valence-corrected chi connectivity index (χ3v) is 2.52. The monoisotopic (exact) mass is 266 g/mol. The summed E-state index contributed by atoms with van der Waals surface area (Å²) in [6.07, 6.45) is 1.54. The van der Waals surface area contributed by atoms with Gasteiger partial charge in [-0.05, 0) is 25.5 Å². The van der Waals surface area contributed by atoms with Crippen LogP contribution in [0, 0.1) is 0 Å². The van der Waals surface area contributed by atoms with E-state index in [1.807, 2.05) is 6.92 Å². The molecule has 104 valence electrons. The number of carbonyl (C=O) groups excluding carboxylic acids is 2. The average molecular weight is 266 g/mol. The summed E-state index contributed by atoms with van der Waals surface area (Å²) in [7, 11) is 0. The standard InChI is InChI=1S/C14H18O5/c1-3-4-7-18-14(17)10(2)19-12-6-5-11(9-15)13(16)8-12/h5-6,8-10,16H,3-4,7H2,1-2H3/t10-/m0/s1. The predicted octanol–water partition coefficient (Wildman–Crippen LogP) is 2.32. The summed E-state index contributed by atoms with van der Waals surface area (Å²) >= 11 is 0. The van der Waals surface area contributed by atoms with E-state index in [4.69, 9.17) is 9.47 Å². The number of phenolic OH excluding ortho intramolecular Hbond substituents is 1. The molecule has 0 radical (unpaired) electrons. The van der Waals surface area contributed by atoms with Crippen LogP contribution >= 0.6 is 0 Å². The molecule has 0 aliphatic rings. The zero-order valence-corrected chi connectivity index (χ0v) is 11.1. The Kier molecular flexibility index (Phi) is 5.85. The van der Waals surface area contributed by atoms with Gasteiger partial charge < -0.3 is 14.6 Å². The van der Waals surface area contributed by atoms with Crippen molar-refractivity contribution >= 4 is 12.3 Å². The summed E-state index contributed by atoms with van der Waals surface area (Å²) in [5.74, 6) is -0.325. The van der Waals surface area contributed by atoms with Crippen LogP contribution in [0.25, 0.3) is 0 Å². The fourth-order valence-corrected chi connectivity index (χ4v) is 1.38. The van der Waals surface area contributed by atoms with Crippen molar-refractivity contribution in [3.05, 3.63) is 23.8 Å². The molecule has 0 bridgehead atoms. The van der Waals surface area contributed by atoms with Gasteiger partial charge in [-0.15, -0.1) is 0 Å². The van der Waals surface area contributed by atoms with Gasteiger partial charge in [0.05, 0.1) is 12.2 Å². The molecule has 1 rings (SSSR count). The summed E-state index contributed by atoms with van der Waals surface area (Å²) in [6, 6.07) is 4.23. The normalized spacial score (nSPS) is 11.7. The Morgan fingerprint density at radius 3 is 2.79 bits per heavy atom. The Balaban J connectivity index is 2.56. The molecular formula is C14H18O5. The van der Waals surface area contributed by atoms with Gasteiger partial charge in [-0.2, -0.15) is 0 Å². The van der Waals surface area contributed by atoms with Crippen LogP contribution in [0.1, 0.15) is 37.0 Å². The van der Waals surface area contributed by atoms with Crippen molar-refractivity contribution in [2.75, 3.05) is 6.61 Å². The molecule has 0 spiro atoms. The van der Waals surface area contributed by atoms with Crippen molar-refractivity contribution in [3.8, 4) is 11.5 Å². The quantitative estimate of drug-likeness (QED) is 0.466. The topological polar surface area (TPSA) is 72.8 Å². The van der Waals surface area contributed by atoms with Gasteiger partial charge in [0.1, 0.15) is 11.5 Å². The number of phenols is 1. The highest BCUT2D eigenvalue weighted by atomic mass is 16.6. The van der Waals surface area contributed by atoms with Crippen LogP contribution in [0.3, 0.4) is 0 Å². The highest BCUT2D eigenvalue weighted by molar-refractivity contribution is 5.79. The van der Waals surface area contributed by atoms with Gasteiger partial charge in [0, 0.05) is 6.07 Å². The van der Waals surface area contributed by atoms with Crippen molar-refractivity contribution in [2.24, 2.45) is 0 Å². The highest BCUT2D eigenvalue weighted by Gasteiger charge is 2.16. The second kappa shape index (κ2) is 7.41. The molecule has 5 nitrogen and oxygen atoms in total. The van der Waals surface area contributed by atoms with Crippen LogP contribution in [-0.2, 0) is 9.53 Å². The van der Waals surface area contributed by atoms with E-state index in [9.17, 15) is 14.7 Å². The molecule has 1 aromatic rings. The maximum Gasteiger partial charge on any atom is 0.347 e. The lowest BCUT2D eigenvalue weighted by Gasteiger charge is -2.14. The Labute approximate surface area is 112 Å². The Morgan fingerprint density at radius 2 is 2.21 bits per heavy atom. The number of carbonyl (C=O) groups is 2. The minimum Gasteiger partial charge on any atom is -0.507 e. The minimum absolute atomic E-state index is 0.172. The fourth-order valence-electron chi connectivity index (χ4n) is 1.38. The van der Waals surface area contributed by atoms with E-state index in [0.29, 0.717) is 18.6 Å². The third kappa shape index (κ3) is 4.62. The lowest BCUT2D eigenvalue weighted by atomic mass is 10.2. The summed E-state index contributed by atoms with van der Waals surface area (Å²) < 4.78 is 10.3. The molecule has 0 heterocycles. The lowest BCUT2D eigenvalue weighted by Crippen LogP contribution is -2.26. The van der Waals surface area contributed by atoms with Gasteiger partial charge in [0.2, 0.25) is 0 Å². The molecule has 0 aromatic heterocycles. The maximum absolute atomic E-state index is 11.6. The summed E-state index contributed by atoms with van der Waals surface area (Å²) in [5.41, 5.74) is 0.172. The van der Waals surface area contributed by atoms with Gasteiger partial charge in [0.15, 0.2) is 12.4 Å². The van der Waals surface area contributed by atoms with E-state index >= 15 is 0 Å². The van der Waals surface area contributed by atoms with Gasteiger partial charge in [-0.3, -0.25) is 4.79 Å². The third-order valence-electron chi connectivity index (χ3n) is 2.52. The molecule has 0 amide bonds. The number of rotatable bonds is 7. The predicted molar refractivity (Wildman–Crippen MR) is 69.5 cm³/mol. The number of unbranched alkanes of at least 4 members (excludes halogenated alkanes) is 1. The number of ether oxygens (including phenoxy) is 2. The maximum atomic E-state index is 11.6. The fraction of sp³-hybridized carbons (Fsp3) is 0.429. The van der Waals surface area contributed by atoms with Crippen molar-refractivity contribution < 1.29 is 24.2 Å². The second-order valence-corrected chi connectivity index (χ2v) is 4.12. The molecule has 0 unspecified atom stereocenters. The Hall–Kier alpha value is -2.04. The van der Waals surface area contributed by atoms with E-state index < -0.39 is 12.1 Å². The van der Waals surface area contributed by atoms with Gasteiger partial charge in [-0.25, -0.2) is 4.79 Å². The van der Waals surface area contributed by atoms with Crippen LogP contribution in [-0.4, -0.2) is 30.1 Å². The van der Waals surface area contributed by atoms with Crippen molar-refractivity contribution in [3.63, 3.8) is 0 Å². The van der Waals surface area contributed by atoms with E-state index in [0.717, 1.165) is 12.8 Å². The molecule has 0 saturated heterocycles. The molecular weight excluding hydrogens is 248 g/mol. The number of hydrogen-bond donors (Lipinski definition) is 1. The number of aromatic hydroxyl groups is 1. The number of esters is 1. The van der Waals surface area contributed by atoms with Crippen LogP contribution in [0.4, 0.5) is 0 Å². The van der Waals surface area contributed by atoms with Crippen molar-refractivity contribution in [2.45, 2.75) is 32.8 Å². The summed E-state index contributed by atoms with van der Waals surface area (Å²) in [4.78, 5) is 22.1. The smallest absolute Gasteiger partial charge is 0.347 e. The summed E-state index contributed by atoms with van der Waals surface area (Å²) in [5, 5.41) is 9.49. The first-order valence-electron chi connectivity index (χ1n) is 6.20. The Bertz CT molecular complexity index is 441. The number of hydrogen-bond acceptors (Lipinski definition) is 5. The van der Waals surface area contributed by atoms with Crippen LogP contribution in [0.15, 0.2) is 18.2 Å². The molecule has 5 heteroatoms. The zero-order chi connectivity index (χ0) is 14.3. The summed E-state index contributed by atoms with van der Waals surface area (Å²) in [6.45, 7) is 3.95. The largest absolute Gasteiger partial charge is 0.507 e. The zero-order valence-electron chi connectivity index (χ0n) is 11.1. The first kappa shape index (κ1) is 15.0. The molecule has 1 N–H and O–H groups in total. The Morgan fingerprint density at radius 1 is 1.47 bits per heavy atom. The van der Waals surface area contributed by atoms with Crippen LogP contribution in [0.5, 0.6) is 11.5 Å². The lowest BCUT2D eigenvalue weighted by molar-refractivity contribution is -0.151. The molecule has 0 aliphatic carbocycles. The van der Waals surface area contributed by atoms with Crippen molar-refractivity contribution in [1.29, 1.82) is 0 Å². The van der Waals surface area contributed by atoms with E-state index in [1.54, 1.807) is 6.92 Å².